The van der Waals surface area contributed by atoms with Crippen molar-refractivity contribution < 1.29 is 9.53 Å². The maximum atomic E-state index is 12.7. The van der Waals surface area contributed by atoms with Gasteiger partial charge in [0.25, 0.3) is 0 Å². The lowest BCUT2D eigenvalue weighted by atomic mass is 9.78. The first kappa shape index (κ1) is 13.8. The molecule has 2 fully saturated rings. The summed E-state index contributed by atoms with van der Waals surface area (Å²) >= 11 is 0. The van der Waals surface area contributed by atoms with Crippen molar-refractivity contribution in [3.8, 4) is 0 Å². The molecule has 0 spiro atoms. The third-order valence-corrected chi connectivity index (χ3v) is 4.50. The highest BCUT2D eigenvalue weighted by Crippen LogP contribution is 2.31. The van der Waals surface area contributed by atoms with Crippen LogP contribution < -0.4 is 5.73 Å². The van der Waals surface area contributed by atoms with Crippen molar-refractivity contribution >= 4 is 5.91 Å². The van der Waals surface area contributed by atoms with Crippen LogP contribution in [0.1, 0.15) is 40.0 Å². The molecule has 4 heteroatoms. The van der Waals surface area contributed by atoms with Crippen LogP contribution in [0.3, 0.4) is 0 Å². The molecule has 1 saturated carbocycles. The van der Waals surface area contributed by atoms with Gasteiger partial charge in [0.15, 0.2) is 0 Å². The van der Waals surface area contributed by atoms with Gasteiger partial charge in [0.1, 0.15) is 0 Å². The maximum Gasteiger partial charge on any atom is 0.226 e. The molecule has 1 amide bonds. The number of amides is 1. The molecule has 1 heterocycles. The van der Waals surface area contributed by atoms with E-state index in [0.29, 0.717) is 25.0 Å². The second-order valence-electron chi connectivity index (χ2n) is 6.51. The molecule has 0 radical (unpaired) electrons. The van der Waals surface area contributed by atoms with Crippen molar-refractivity contribution in [2.45, 2.75) is 51.6 Å². The molecule has 1 aliphatic carbocycles. The second kappa shape index (κ2) is 5.17. The van der Waals surface area contributed by atoms with Crippen LogP contribution in [0, 0.1) is 11.8 Å². The van der Waals surface area contributed by atoms with Crippen molar-refractivity contribution in [2.24, 2.45) is 17.6 Å². The topological polar surface area (TPSA) is 55.6 Å². The highest BCUT2D eigenvalue weighted by atomic mass is 16.5. The zero-order valence-corrected chi connectivity index (χ0v) is 11.8. The zero-order chi connectivity index (χ0) is 13.3. The summed E-state index contributed by atoms with van der Waals surface area (Å²) < 4.78 is 5.48. The number of ether oxygens (including phenoxy) is 1. The smallest absolute Gasteiger partial charge is 0.226 e. The summed E-state index contributed by atoms with van der Waals surface area (Å²) in [5.41, 5.74) is 5.86. The third kappa shape index (κ3) is 2.69. The lowest BCUT2D eigenvalue weighted by Crippen LogP contribution is -2.57. The van der Waals surface area contributed by atoms with Crippen LogP contribution >= 0.6 is 0 Å². The highest BCUT2D eigenvalue weighted by Gasteiger charge is 2.39. The molecule has 1 saturated heterocycles. The average molecular weight is 254 g/mol. The molecule has 4 nitrogen and oxygen atoms in total. The molecule has 1 aliphatic heterocycles. The quantitative estimate of drug-likeness (QED) is 0.769. The van der Waals surface area contributed by atoms with E-state index in [2.05, 4.69) is 20.8 Å². The Labute approximate surface area is 110 Å². The van der Waals surface area contributed by atoms with Gasteiger partial charge in [0, 0.05) is 18.5 Å². The number of nitrogens with zero attached hydrogens (tertiary/aromatic N) is 1. The fourth-order valence-corrected chi connectivity index (χ4v) is 3.13. The Morgan fingerprint density at radius 1 is 1.39 bits per heavy atom. The molecule has 0 aromatic heterocycles. The summed E-state index contributed by atoms with van der Waals surface area (Å²) in [6.07, 6.45) is 2.85. The van der Waals surface area contributed by atoms with Crippen molar-refractivity contribution in [3.05, 3.63) is 0 Å². The number of morpholine rings is 1. The standard InChI is InChI=1S/C14H26N2O2/c1-10-8-11(4-5-12(10)15)13(17)16-6-7-18-9-14(16,2)3/h10-12H,4-9,15H2,1-3H3. The van der Waals surface area contributed by atoms with Gasteiger partial charge in [0.2, 0.25) is 5.91 Å². The van der Waals surface area contributed by atoms with Gasteiger partial charge >= 0.3 is 0 Å². The number of nitrogens with two attached hydrogens (primary N) is 1. The van der Waals surface area contributed by atoms with Crippen LogP contribution in [0.25, 0.3) is 0 Å². The number of rotatable bonds is 1. The minimum Gasteiger partial charge on any atom is -0.377 e. The summed E-state index contributed by atoms with van der Waals surface area (Å²) in [4.78, 5) is 14.7. The van der Waals surface area contributed by atoms with E-state index >= 15 is 0 Å². The van der Waals surface area contributed by atoms with Crippen molar-refractivity contribution in [1.82, 2.24) is 4.90 Å². The second-order valence-corrected chi connectivity index (χ2v) is 6.51. The van der Waals surface area contributed by atoms with Gasteiger partial charge in [0.05, 0.1) is 18.8 Å². The molecule has 2 N–H and O–H groups in total. The number of carbonyl (C=O) groups excluding carboxylic acids is 1. The molecule has 2 rings (SSSR count). The van der Waals surface area contributed by atoms with E-state index in [1.54, 1.807) is 0 Å². The number of hydrogen-bond donors (Lipinski definition) is 1. The Balaban J connectivity index is 2.02. The minimum atomic E-state index is -0.169. The molecule has 0 aromatic carbocycles. The van der Waals surface area contributed by atoms with Gasteiger partial charge < -0.3 is 15.4 Å². The first-order valence-electron chi connectivity index (χ1n) is 7.06. The molecular weight excluding hydrogens is 228 g/mol. The number of carbonyl (C=O) groups is 1. The van der Waals surface area contributed by atoms with Crippen molar-refractivity contribution in [2.75, 3.05) is 19.8 Å². The summed E-state index contributed by atoms with van der Waals surface area (Å²) in [6, 6.07) is 0.270. The van der Waals surface area contributed by atoms with Crippen LogP contribution in [-0.2, 0) is 9.53 Å². The lowest BCUT2D eigenvalue weighted by Gasteiger charge is -2.45. The SMILES string of the molecule is CC1CC(C(=O)N2CCOCC2(C)C)CCC1N. The van der Waals surface area contributed by atoms with Gasteiger partial charge in [-0.3, -0.25) is 4.79 Å². The summed E-state index contributed by atoms with van der Waals surface area (Å²) in [5, 5.41) is 0. The first-order chi connectivity index (χ1) is 8.42. The molecule has 2 aliphatic rings. The van der Waals surface area contributed by atoms with Gasteiger partial charge in [-0.25, -0.2) is 0 Å². The largest absolute Gasteiger partial charge is 0.377 e. The van der Waals surface area contributed by atoms with Gasteiger partial charge in [-0.2, -0.15) is 0 Å². The Hall–Kier alpha value is -0.610. The van der Waals surface area contributed by atoms with Crippen LogP contribution in [0.15, 0.2) is 0 Å². The van der Waals surface area contributed by atoms with Crippen LogP contribution in [-0.4, -0.2) is 42.1 Å². The Morgan fingerprint density at radius 2 is 2.11 bits per heavy atom. The molecular formula is C14H26N2O2. The maximum absolute atomic E-state index is 12.7. The molecule has 3 atom stereocenters. The van der Waals surface area contributed by atoms with E-state index in [1.165, 1.54) is 0 Å². The minimum absolute atomic E-state index is 0.164. The predicted molar refractivity (Wildman–Crippen MR) is 71.1 cm³/mol. The van der Waals surface area contributed by atoms with Gasteiger partial charge in [-0.15, -0.1) is 0 Å². The van der Waals surface area contributed by atoms with E-state index in [4.69, 9.17) is 10.5 Å². The van der Waals surface area contributed by atoms with Crippen molar-refractivity contribution in [1.29, 1.82) is 0 Å². The van der Waals surface area contributed by atoms with E-state index in [9.17, 15) is 4.79 Å². The van der Waals surface area contributed by atoms with Gasteiger partial charge in [-0.05, 0) is 39.0 Å². The van der Waals surface area contributed by atoms with Crippen LogP contribution in [0.4, 0.5) is 0 Å². The van der Waals surface area contributed by atoms with E-state index in [0.717, 1.165) is 25.8 Å². The van der Waals surface area contributed by atoms with E-state index in [1.807, 2.05) is 4.90 Å². The molecule has 0 aromatic rings. The van der Waals surface area contributed by atoms with E-state index < -0.39 is 0 Å². The normalized spacial score (nSPS) is 36.4. The Kier molecular flexibility index (Phi) is 3.97. The van der Waals surface area contributed by atoms with Gasteiger partial charge in [-0.1, -0.05) is 6.92 Å². The zero-order valence-electron chi connectivity index (χ0n) is 11.8. The van der Waals surface area contributed by atoms with Crippen LogP contribution in [0.5, 0.6) is 0 Å². The Morgan fingerprint density at radius 3 is 2.72 bits per heavy atom. The third-order valence-electron chi connectivity index (χ3n) is 4.50. The fourth-order valence-electron chi connectivity index (χ4n) is 3.13. The van der Waals surface area contributed by atoms with Crippen LogP contribution in [0.2, 0.25) is 0 Å². The molecule has 104 valence electrons. The fraction of sp³-hybridized carbons (Fsp3) is 0.929. The lowest BCUT2D eigenvalue weighted by molar-refractivity contribution is -0.152. The summed E-state index contributed by atoms with van der Waals surface area (Å²) in [5.74, 6) is 0.927. The highest BCUT2D eigenvalue weighted by molar-refractivity contribution is 5.79. The Bertz CT molecular complexity index is 317. The number of hydrogen-bond acceptors (Lipinski definition) is 3. The summed E-state index contributed by atoms with van der Waals surface area (Å²) in [6.45, 7) is 8.36. The average Bonchev–Trinajstić information content (AvgIpc) is 2.31. The summed E-state index contributed by atoms with van der Waals surface area (Å²) in [7, 11) is 0. The molecule has 0 bridgehead atoms. The molecule has 18 heavy (non-hydrogen) atoms. The predicted octanol–water partition coefficient (Wildman–Crippen LogP) is 1.39. The first-order valence-corrected chi connectivity index (χ1v) is 7.06. The van der Waals surface area contributed by atoms with E-state index in [-0.39, 0.29) is 17.5 Å². The monoisotopic (exact) mass is 254 g/mol. The van der Waals surface area contributed by atoms with Crippen molar-refractivity contribution in [3.63, 3.8) is 0 Å². The molecule has 3 unspecified atom stereocenters.